The molecule has 0 atom stereocenters. The van der Waals surface area contributed by atoms with Crippen molar-refractivity contribution in [1.29, 1.82) is 0 Å². The summed E-state index contributed by atoms with van der Waals surface area (Å²) < 4.78 is 1.95. The van der Waals surface area contributed by atoms with Crippen molar-refractivity contribution in [3.8, 4) is 0 Å². The van der Waals surface area contributed by atoms with E-state index in [9.17, 15) is 9.59 Å². The van der Waals surface area contributed by atoms with Crippen molar-refractivity contribution in [2.75, 3.05) is 0 Å². The maximum Gasteiger partial charge on any atom is 0.306 e. The monoisotopic (exact) mass is 355 g/mol. The molecule has 1 aliphatic carbocycles. The first-order valence-corrected chi connectivity index (χ1v) is 9.06. The number of carboxylic acid groups (broad SMARTS) is 1. The minimum Gasteiger partial charge on any atom is -0.481 e. The zero-order valence-electron chi connectivity index (χ0n) is 15.2. The van der Waals surface area contributed by atoms with Gasteiger partial charge in [0.2, 0.25) is 0 Å². The molecule has 2 N–H and O–H groups in total. The van der Waals surface area contributed by atoms with E-state index in [1.54, 1.807) is 0 Å². The molecule has 1 aromatic heterocycles. The van der Waals surface area contributed by atoms with Gasteiger partial charge in [-0.2, -0.15) is 5.10 Å². The van der Waals surface area contributed by atoms with Gasteiger partial charge in [-0.1, -0.05) is 12.1 Å². The van der Waals surface area contributed by atoms with E-state index in [-0.39, 0.29) is 17.9 Å². The number of hydrogen-bond acceptors (Lipinski definition) is 3. The summed E-state index contributed by atoms with van der Waals surface area (Å²) in [5.74, 6) is -1.09. The van der Waals surface area contributed by atoms with E-state index in [1.807, 2.05) is 48.9 Å². The lowest BCUT2D eigenvalue weighted by molar-refractivity contribution is -0.142. The Morgan fingerprint density at radius 1 is 1.15 bits per heavy atom. The van der Waals surface area contributed by atoms with Gasteiger partial charge in [0.15, 0.2) is 0 Å². The van der Waals surface area contributed by atoms with E-state index in [1.165, 1.54) is 0 Å². The van der Waals surface area contributed by atoms with Crippen LogP contribution in [0.3, 0.4) is 0 Å². The molecule has 0 aliphatic heterocycles. The number of nitrogens with zero attached hydrogens (tertiary/aromatic N) is 2. The maximum absolute atomic E-state index is 12.4. The van der Waals surface area contributed by atoms with Gasteiger partial charge in [-0.3, -0.25) is 14.3 Å². The molecule has 6 nitrogen and oxygen atoms in total. The summed E-state index contributed by atoms with van der Waals surface area (Å²) in [6, 6.07) is 9.67. The number of carbonyl (C=O) groups is 2. The number of benzene rings is 1. The molecule has 1 amide bonds. The van der Waals surface area contributed by atoms with E-state index in [0.717, 1.165) is 29.8 Å². The van der Waals surface area contributed by atoms with E-state index < -0.39 is 5.97 Å². The Labute approximate surface area is 153 Å². The summed E-state index contributed by atoms with van der Waals surface area (Å²) in [7, 11) is 0. The second kappa shape index (κ2) is 7.72. The van der Waals surface area contributed by atoms with Gasteiger partial charge in [0, 0.05) is 17.3 Å². The van der Waals surface area contributed by atoms with Crippen molar-refractivity contribution in [1.82, 2.24) is 15.1 Å². The Hall–Kier alpha value is -2.63. The Morgan fingerprint density at radius 2 is 1.81 bits per heavy atom. The highest BCUT2D eigenvalue weighted by atomic mass is 16.4. The van der Waals surface area contributed by atoms with E-state index in [0.29, 0.717) is 24.9 Å². The summed E-state index contributed by atoms with van der Waals surface area (Å²) in [5.41, 5.74) is 3.83. The Balaban J connectivity index is 1.55. The molecule has 0 bridgehead atoms. The lowest BCUT2D eigenvalue weighted by Crippen LogP contribution is -2.38. The molecule has 0 spiro atoms. The van der Waals surface area contributed by atoms with Crippen molar-refractivity contribution in [3.05, 3.63) is 52.8 Å². The largest absolute Gasteiger partial charge is 0.481 e. The smallest absolute Gasteiger partial charge is 0.306 e. The third-order valence-corrected chi connectivity index (χ3v) is 5.06. The van der Waals surface area contributed by atoms with Gasteiger partial charge < -0.3 is 10.4 Å². The fraction of sp³-hybridized carbons (Fsp3) is 0.450. The van der Waals surface area contributed by atoms with Crippen molar-refractivity contribution < 1.29 is 14.7 Å². The number of rotatable bonds is 5. The Bertz CT molecular complexity index is 787. The summed E-state index contributed by atoms with van der Waals surface area (Å²) >= 11 is 0. The minimum absolute atomic E-state index is 0.0625. The molecule has 1 saturated carbocycles. The number of aromatic nitrogens is 2. The number of carbonyl (C=O) groups excluding carboxylic acids is 1. The molecule has 6 heteroatoms. The van der Waals surface area contributed by atoms with E-state index >= 15 is 0 Å². The predicted molar refractivity (Wildman–Crippen MR) is 98.1 cm³/mol. The van der Waals surface area contributed by atoms with Crippen LogP contribution in [0.4, 0.5) is 0 Å². The highest BCUT2D eigenvalue weighted by Crippen LogP contribution is 2.24. The molecule has 138 valence electrons. The lowest BCUT2D eigenvalue weighted by Gasteiger charge is -2.26. The number of aliphatic carboxylic acids is 1. The van der Waals surface area contributed by atoms with Crippen LogP contribution in [0.25, 0.3) is 0 Å². The summed E-state index contributed by atoms with van der Waals surface area (Å²) in [4.78, 5) is 23.4. The highest BCUT2D eigenvalue weighted by molar-refractivity contribution is 5.94. The second-order valence-electron chi connectivity index (χ2n) is 7.14. The lowest BCUT2D eigenvalue weighted by atomic mass is 9.86. The quantitative estimate of drug-likeness (QED) is 0.864. The molecule has 3 rings (SSSR count). The minimum atomic E-state index is -0.729. The van der Waals surface area contributed by atoms with Crippen LogP contribution < -0.4 is 5.32 Å². The number of carboxylic acids is 1. The summed E-state index contributed by atoms with van der Waals surface area (Å²) in [5, 5.41) is 16.5. The van der Waals surface area contributed by atoms with Crippen LogP contribution in [0, 0.1) is 19.8 Å². The van der Waals surface area contributed by atoms with Crippen LogP contribution in [0.5, 0.6) is 0 Å². The van der Waals surface area contributed by atoms with Crippen molar-refractivity contribution >= 4 is 11.9 Å². The van der Waals surface area contributed by atoms with Crippen LogP contribution in [0.2, 0.25) is 0 Å². The molecular formula is C20H25N3O3. The van der Waals surface area contributed by atoms with Crippen molar-refractivity contribution in [2.45, 2.75) is 52.1 Å². The van der Waals surface area contributed by atoms with Gasteiger partial charge in [-0.15, -0.1) is 0 Å². The Morgan fingerprint density at radius 3 is 2.35 bits per heavy atom. The van der Waals surface area contributed by atoms with Gasteiger partial charge in [-0.25, -0.2) is 0 Å². The SMILES string of the molecule is Cc1cc(C)n(Cc2ccc(C(=O)NC3CCC(C(=O)O)CC3)cc2)n1. The fourth-order valence-electron chi connectivity index (χ4n) is 3.52. The van der Waals surface area contributed by atoms with Gasteiger partial charge in [0.05, 0.1) is 18.2 Å². The van der Waals surface area contributed by atoms with Gasteiger partial charge in [-0.05, 0) is 63.3 Å². The van der Waals surface area contributed by atoms with Crippen molar-refractivity contribution in [2.24, 2.45) is 5.92 Å². The molecule has 0 radical (unpaired) electrons. The van der Waals surface area contributed by atoms with Crippen molar-refractivity contribution in [3.63, 3.8) is 0 Å². The first kappa shape index (κ1) is 18.2. The molecule has 1 fully saturated rings. The molecule has 26 heavy (non-hydrogen) atoms. The zero-order valence-corrected chi connectivity index (χ0v) is 15.2. The molecule has 0 unspecified atom stereocenters. The summed E-state index contributed by atoms with van der Waals surface area (Å²) in [6.07, 6.45) is 2.70. The topological polar surface area (TPSA) is 84.2 Å². The summed E-state index contributed by atoms with van der Waals surface area (Å²) in [6.45, 7) is 4.68. The van der Waals surface area contributed by atoms with E-state index in [2.05, 4.69) is 10.4 Å². The third kappa shape index (κ3) is 4.31. The first-order chi connectivity index (χ1) is 12.4. The van der Waals surface area contributed by atoms with Crippen LogP contribution in [-0.2, 0) is 11.3 Å². The van der Waals surface area contributed by atoms with Crippen LogP contribution in [0.1, 0.15) is 53.0 Å². The number of hydrogen-bond donors (Lipinski definition) is 2. The molecule has 0 saturated heterocycles. The number of amides is 1. The normalized spacial score (nSPS) is 19.9. The maximum atomic E-state index is 12.4. The number of aryl methyl sites for hydroxylation is 2. The fourth-order valence-corrected chi connectivity index (χ4v) is 3.52. The number of nitrogens with one attached hydrogen (secondary N) is 1. The molecule has 1 aliphatic rings. The van der Waals surface area contributed by atoms with Crippen LogP contribution in [0.15, 0.2) is 30.3 Å². The molecular weight excluding hydrogens is 330 g/mol. The molecule has 1 aromatic carbocycles. The highest BCUT2D eigenvalue weighted by Gasteiger charge is 2.26. The van der Waals surface area contributed by atoms with Gasteiger partial charge in [0.25, 0.3) is 5.91 Å². The first-order valence-electron chi connectivity index (χ1n) is 9.06. The third-order valence-electron chi connectivity index (χ3n) is 5.06. The van der Waals surface area contributed by atoms with Crippen LogP contribution in [-0.4, -0.2) is 32.8 Å². The standard InChI is InChI=1S/C20H25N3O3/c1-13-11-14(2)23(22-13)12-15-3-5-16(6-4-15)19(24)21-18-9-7-17(8-10-18)20(25)26/h3-6,11,17-18H,7-10,12H2,1-2H3,(H,21,24)(H,25,26). The zero-order chi connectivity index (χ0) is 18.7. The average Bonchev–Trinajstić information content (AvgIpc) is 2.93. The van der Waals surface area contributed by atoms with E-state index in [4.69, 9.17) is 5.11 Å². The van der Waals surface area contributed by atoms with Crippen LogP contribution >= 0.6 is 0 Å². The Kier molecular flexibility index (Phi) is 5.40. The molecule has 2 aromatic rings. The second-order valence-corrected chi connectivity index (χ2v) is 7.14. The molecule has 1 heterocycles. The average molecular weight is 355 g/mol. The predicted octanol–water partition coefficient (Wildman–Crippen LogP) is 2.92. The van der Waals surface area contributed by atoms with Gasteiger partial charge >= 0.3 is 5.97 Å². The van der Waals surface area contributed by atoms with Gasteiger partial charge in [0.1, 0.15) is 0 Å².